The fourth-order valence-electron chi connectivity index (χ4n) is 2.12. The molecule has 2 rings (SSSR count). The van der Waals surface area contributed by atoms with Gasteiger partial charge in [0, 0.05) is 6.54 Å². The summed E-state index contributed by atoms with van der Waals surface area (Å²) in [4.78, 5) is 14.0. The van der Waals surface area contributed by atoms with E-state index >= 15 is 0 Å². The average Bonchev–Trinajstić information content (AvgIpc) is 2.91. The summed E-state index contributed by atoms with van der Waals surface area (Å²) >= 11 is 1.65. The largest absolute Gasteiger partial charge is 0.348 e. The molecule has 1 amide bonds. The number of benzene rings is 1. The van der Waals surface area contributed by atoms with Crippen LogP contribution in [0.15, 0.2) is 41.1 Å². The number of nitrogens with one attached hydrogen (secondary N) is 1. The lowest BCUT2D eigenvalue weighted by Crippen LogP contribution is -2.36. The molecular formula is C16H19FN2OS. The molecule has 21 heavy (non-hydrogen) atoms. The number of likely N-dealkylation sites (N-methyl/N-ethyl adjacent to an activating group) is 1. The summed E-state index contributed by atoms with van der Waals surface area (Å²) in [6, 6.07) is 8.11. The van der Waals surface area contributed by atoms with E-state index in [4.69, 9.17) is 0 Å². The highest BCUT2D eigenvalue weighted by molar-refractivity contribution is 7.07. The van der Waals surface area contributed by atoms with E-state index in [2.05, 4.69) is 16.8 Å². The number of hydrogen-bond acceptors (Lipinski definition) is 3. The fraction of sp³-hybridized carbons (Fsp3) is 0.312. The molecular weight excluding hydrogens is 287 g/mol. The van der Waals surface area contributed by atoms with Crippen LogP contribution in [-0.4, -0.2) is 24.4 Å². The molecule has 3 nitrogen and oxygen atoms in total. The van der Waals surface area contributed by atoms with Crippen molar-refractivity contribution in [3.63, 3.8) is 0 Å². The van der Waals surface area contributed by atoms with Crippen LogP contribution in [0, 0.1) is 5.82 Å². The van der Waals surface area contributed by atoms with Crippen LogP contribution in [0.2, 0.25) is 0 Å². The minimum absolute atomic E-state index is 0.0374. The number of rotatable bonds is 6. The number of thiophene rings is 1. The van der Waals surface area contributed by atoms with E-state index in [-0.39, 0.29) is 17.8 Å². The van der Waals surface area contributed by atoms with Crippen molar-refractivity contribution in [2.45, 2.75) is 19.5 Å². The van der Waals surface area contributed by atoms with Crippen LogP contribution in [0.3, 0.4) is 0 Å². The van der Waals surface area contributed by atoms with Crippen LogP contribution < -0.4 is 5.32 Å². The zero-order chi connectivity index (χ0) is 15.2. The Bertz CT molecular complexity index is 568. The van der Waals surface area contributed by atoms with Crippen molar-refractivity contribution in [2.24, 2.45) is 0 Å². The number of carbonyl (C=O) groups excluding carboxylic acids is 1. The monoisotopic (exact) mass is 306 g/mol. The van der Waals surface area contributed by atoms with Crippen LogP contribution >= 0.6 is 11.3 Å². The van der Waals surface area contributed by atoms with Gasteiger partial charge in [-0.15, -0.1) is 0 Å². The van der Waals surface area contributed by atoms with Crippen LogP contribution in [0.4, 0.5) is 4.39 Å². The van der Waals surface area contributed by atoms with E-state index < -0.39 is 0 Å². The first-order chi connectivity index (χ1) is 10.0. The van der Waals surface area contributed by atoms with E-state index in [1.807, 2.05) is 24.3 Å². The SMILES string of the molecule is CC(NC(=O)CN(C)Cc1ccsc1)c1ccc(F)cc1. The molecule has 1 atom stereocenters. The smallest absolute Gasteiger partial charge is 0.234 e. The average molecular weight is 306 g/mol. The van der Waals surface area contributed by atoms with Gasteiger partial charge < -0.3 is 5.32 Å². The molecule has 1 aromatic heterocycles. The topological polar surface area (TPSA) is 32.3 Å². The zero-order valence-electron chi connectivity index (χ0n) is 12.2. The number of halogens is 1. The second-order valence-electron chi connectivity index (χ2n) is 5.14. The van der Waals surface area contributed by atoms with Crippen LogP contribution in [0.1, 0.15) is 24.1 Å². The van der Waals surface area contributed by atoms with Gasteiger partial charge in [-0.3, -0.25) is 9.69 Å². The van der Waals surface area contributed by atoms with Crippen LogP contribution in [-0.2, 0) is 11.3 Å². The number of carbonyl (C=O) groups is 1. The molecule has 1 unspecified atom stereocenters. The quantitative estimate of drug-likeness (QED) is 0.889. The minimum Gasteiger partial charge on any atom is -0.348 e. The second kappa shape index (κ2) is 7.33. The van der Waals surface area contributed by atoms with E-state index in [9.17, 15) is 9.18 Å². The van der Waals surface area contributed by atoms with E-state index in [1.54, 1.807) is 23.5 Å². The third-order valence-corrected chi connectivity index (χ3v) is 3.93. The Morgan fingerprint density at radius 1 is 1.33 bits per heavy atom. The molecule has 0 aliphatic heterocycles. The summed E-state index contributed by atoms with van der Waals surface area (Å²) in [7, 11) is 1.92. The molecule has 0 radical (unpaired) electrons. The molecule has 0 fully saturated rings. The van der Waals surface area contributed by atoms with Gasteiger partial charge in [0.2, 0.25) is 5.91 Å². The Hall–Kier alpha value is -1.72. The Morgan fingerprint density at radius 3 is 2.67 bits per heavy atom. The lowest BCUT2D eigenvalue weighted by Gasteiger charge is -2.19. The number of hydrogen-bond donors (Lipinski definition) is 1. The Morgan fingerprint density at radius 2 is 2.05 bits per heavy atom. The van der Waals surface area contributed by atoms with Gasteiger partial charge in [-0.1, -0.05) is 12.1 Å². The van der Waals surface area contributed by atoms with Gasteiger partial charge in [0.25, 0.3) is 0 Å². The lowest BCUT2D eigenvalue weighted by molar-refractivity contribution is -0.122. The molecule has 1 N–H and O–H groups in total. The summed E-state index contributed by atoms with van der Waals surface area (Å²) in [5.41, 5.74) is 2.10. The van der Waals surface area contributed by atoms with Gasteiger partial charge in [-0.05, 0) is 54.1 Å². The van der Waals surface area contributed by atoms with E-state index in [0.717, 1.165) is 12.1 Å². The van der Waals surface area contributed by atoms with Crippen molar-refractivity contribution < 1.29 is 9.18 Å². The Kier molecular flexibility index (Phi) is 5.47. The van der Waals surface area contributed by atoms with Gasteiger partial charge in [-0.2, -0.15) is 11.3 Å². The maximum absolute atomic E-state index is 12.9. The van der Waals surface area contributed by atoms with Gasteiger partial charge in [0.05, 0.1) is 12.6 Å². The second-order valence-corrected chi connectivity index (χ2v) is 5.92. The predicted molar refractivity (Wildman–Crippen MR) is 83.6 cm³/mol. The third kappa shape index (κ3) is 4.95. The summed E-state index contributed by atoms with van der Waals surface area (Å²) in [6.45, 7) is 2.98. The molecule has 112 valence electrons. The first-order valence-corrected chi connectivity index (χ1v) is 7.73. The van der Waals surface area contributed by atoms with Crippen molar-refractivity contribution >= 4 is 17.2 Å². The predicted octanol–water partition coefficient (Wildman–Crippen LogP) is 3.20. The maximum Gasteiger partial charge on any atom is 0.234 e. The highest BCUT2D eigenvalue weighted by atomic mass is 32.1. The molecule has 0 bridgehead atoms. The summed E-state index contributed by atoms with van der Waals surface area (Å²) in [5, 5.41) is 7.03. The Balaban J connectivity index is 1.82. The first kappa shape index (κ1) is 15.7. The normalized spacial score (nSPS) is 12.4. The van der Waals surface area contributed by atoms with Gasteiger partial charge >= 0.3 is 0 Å². The summed E-state index contributed by atoms with van der Waals surface area (Å²) in [5.74, 6) is -0.308. The molecule has 0 saturated heterocycles. The summed E-state index contributed by atoms with van der Waals surface area (Å²) < 4.78 is 12.9. The zero-order valence-corrected chi connectivity index (χ0v) is 13.0. The van der Waals surface area contributed by atoms with E-state index in [1.165, 1.54) is 17.7 Å². The number of amides is 1. The molecule has 0 aliphatic rings. The maximum atomic E-state index is 12.9. The molecule has 5 heteroatoms. The van der Waals surface area contributed by atoms with Gasteiger partial charge in [-0.25, -0.2) is 4.39 Å². The Labute approximate surface area is 128 Å². The standard InChI is InChI=1S/C16H19FN2OS/c1-12(14-3-5-15(17)6-4-14)18-16(20)10-19(2)9-13-7-8-21-11-13/h3-8,11-12H,9-10H2,1-2H3,(H,18,20). The lowest BCUT2D eigenvalue weighted by atomic mass is 10.1. The van der Waals surface area contributed by atoms with Crippen LogP contribution in [0.25, 0.3) is 0 Å². The summed E-state index contributed by atoms with van der Waals surface area (Å²) in [6.07, 6.45) is 0. The van der Waals surface area contributed by atoms with Crippen molar-refractivity contribution in [1.82, 2.24) is 10.2 Å². The van der Waals surface area contributed by atoms with Crippen LogP contribution in [0.5, 0.6) is 0 Å². The van der Waals surface area contributed by atoms with Gasteiger partial charge in [0.1, 0.15) is 5.82 Å². The molecule has 0 spiro atoms. The third-order valence-electron chi connectivity index (χ3n) is 3.19. The molecule has 1 heterocycles. The minimum atomic E-state index is -0.271. The van der Waals surface area contributed by atoms with Crippen molar-refractivity contribution in [3.8, 4) is 0 Å². The first-order valence-electron chi connectivity index (χ1n) is 6.79. The molecule has 0 aliphatic carbocycles. The highest BCUT2D eigenvalue weighted by Crippen LogP contribution is 2.13. The fourth-order valence-corrected chi connectivity index (χ4v) is 2.78. The van der Waals surface area contributed by atoms with Crippen molar-refractivity contribution in [1.29, 1.82) is 0 Å². The van der Waals surface area contributed by atoms with E-state index in [0.29, 0.717) is 6.54 Å². The number of nitrogens with zero attached hydrogens (tertiary/aromatic N) is 1. The molecule has 0 saturated carbocycles. The highest BCUT2D eigenvalue weighted by Gasteiger charge is 2.12. The van der Waals surface area contributed by atoms with Crippen molar-refractivity contribution in [3.05, 3.63) is 58.0 Å². The van der Waals surface area contributed by atoms with Crippen molar-refractivity contribution in [2.75, 3.05) is 13.6 Å². The van der Waals surface area contributed by atoms with Gasteiger partial charge in [0.15, 0.2) is 0 Å². The molecule has 1 aromatic carbocycles. The molecule has 2 aromatic rings.